The van der Waals surface area contributed by atoms with Crippen LogP contribution in [0, 0.1) is 0 Å². The van der Waals surface area contributed by atoms with Crippen molar-refractivity contribution in [2.75, 3.05) is 186 Å². The molecule has 294 valence electrons. The molecule has 0 saturated carbocycles. The van der Waals surface area contributed by atoms with E-state index in [1.165, 1.54) is 4.90 Å². The van der Waals surface area contributed by atoms with Crippen molar-refractivity contribution in [2.24, 2.45) is 0 Å². The molecule has 16 nitrogen and oxygen atoms in total. The van der Waals surface area contributed by atoms with Crippen molar-refractivity contribution in [3.8, 4) is 0 Å². The van der Waals surface area contributed by atoms with Crippen molar-refractivity contribution in [3.63, 3.8) is 0 Å². The van der Waals surface area contributed by atoms with Gasteiger partial charge in [0.15, 0.2) is 0 Å². The van der Waals surface area contributed by atoms with E-state index in [9.17, 15) is 4.79 Å². The normalized spacial score (nSPS) is 11.8. The first-order chi connectivity index (χ1) is 23.9. The predicted octanol–water partition coefficient (Wildman–Crippen LogP) is 1.27. The molecule has 0 bridgehead atoms. The molecule has 1 N–H and O–H groups in total. The molecule has 0 aromatic heterocycles. The molecule has 0 fully saturated rings. The van der Waals surface area contributed by atoms with Gasteiger partial charge in [0.25, 0.3) is 0 Å². The Morgan fingerprint density at radius 2 is 0.653 bits per heavy atom. The zero-order valence-corrected chi connectivity index (χ0v) is 31.0. The molecule has 0 atom stereocenters. The average Bonchev–Trinajstić information content (AvgIpc) is 3.06. The van der Waals surface area contributed by atoms with Gasteiger partial charge in [-0.15, -0.1) is 0 Å². The topological polar surface area (TPSA) is 152 Å². The molecular weight excluding hydrogens is 648 g/mol. The molecule has 0 radical (unpaired) electrons. The van der Waals surface area contributed by atoms with Gasteiger partial charge in [-0.3, -0.25) is 0 Å². The van der Waals surface area contributed by atoms with Gasteiger partial charge in [0, 0.05) is 20.1 Å². The van der Waals surface area contributed by atoms with E-state index in [0.717, 1.165) is 6.54 Å². The molecular formula is C33H68N2O14. The maximum Gasteiger partial charge on any atom is 0.410 e. The lowest BCUT2D eigenvalue weighted by molar-refractivity contribution is -0.0284. The van der Waals surface area contributed by atoms with Gasteiger partial charge < -0.3 is 71.8 Å². The van der Waals surface area contributed by atoms with Crippen molar-refractivity contribution in [3.05, 3.63) is 0 Å². The number of carbonyl (C=O) groups excluding carboxylic acids is 1. The molecule has 49 heavy (non-hydrogen) atoms. The third kappa shape index (κ3) is 41.1. The number of nitrogens with zero attached hydrogens (tertiary/aromatic N) is 1. The number of hydrogen-bond acceptors (Lipinski definition) is 15. The number of rotatable bonds is 39. The molecule has 0 aliphatic rings. The number of ether oxygens (including phenoxy) is 13. The standard InChI is InChI=1S/C33H68N2O14/c1-33(2,3)49-32(36)35(5)7-9-38-11-13-40-15-17-42-19-21-44-23-25-46-27-29-48-31-30-47-28-26-45-24-22-43-20-18-41-16-14-39-12-10-37-8-6-34-4/h34H,6-31H2,1-5H3. The van der Waals surface area contributed by atoms with Crippen LogP contribution in [0.2, 0.25) is 0 Å². The minimum absolute atomic E-state index is 0.365. The molecule has 1 amide bonds. The summed E-state index contributed by atoms with van der Waals surface area (Å²) in [6, 6.07) is 0. The van der Waals surface area contributed by atoms with Crippen LogP contribution in [0.25, 0.3) is 0 Å². The molecule has 0 heterocycles. The summed E-state index contributed by atoms with van der Waals surface area (Å²) in [5.74, 6) is 0. The van der Waals surface area contributed by atoms with E-state index in [2.05, 4.69) is 5.32 Å². The van der Waals surface area contributed by atoms with Gasteiger partial charge in [0.05, 0.1) is 159 Å². The molecule has 0 rings (SSSR count). The summed E-state index contributed by atoms with van der Waals surface area (Å²) in [5.41, 5.74) is -0.510. The fourth-order valence-corrected chi connectivity index (χ4v) is 3.33. The third-order valence-electron chi connectivity index (χ3n) is 5.86. The molecule has 0 unspecified atom stereocenters. The van der Waals surface area contributed by atoms with Crippen LogP contribution in [0.15, 0.2) is 0 Å². The van der Waals surface area contributed by atoms with E-state index in [4.69, 9.17) is 61.6 Å². The maximum absolute atomic E-state index is 11.9. The Hall–Kier alpha value is -1.25. The number of nitrogens with one attached hydrogen (secondary N) is 1. The highest BCUT2D eigenvalue weighted by Crippen LogP contribution is 2.08. The van der Waals surface area contributed by atoms with Crippen LogP contribution in [0.4, 0.5) is 4.79 Å². The van der Waals surface area contributed by atoms with Crippen LogP contribution < -0.4 is 5.32 Å². The number of likely N-dealkylation sites (N-methyl/N-ethyl adjacent to an activating group) is 2. The van der Waals surface area contributed by atoms with Crippen LogP contribution in [0.5, 0.6) is 0 Å². The summed E-state index contributed by atoms with van der Waals surface area (Å²) in [5, 5.41) is 3.02. The van der Waals surface area contributed by atoms with Crippen LogP contribution in [-0.4, -0.2) is 202 Å². The molecule has 0 aromatic carbocycles. The third-order valence-corrected chi connectivity index (χ3v) is 5.86. The van der Waals surface area contributed by atoms with Gasteiger partial charge >= 0.3 is 6.09 Å². The van der Waals surface area contributed by atoms with Gasteiger partial charge in [-0.25, -0.2) is 4.79 Å². The van der Waals surface area contributed by atoms with E-state index >= 15 is 0 Å². The first-order valence-corrected chi connectivity index (χ1v) is 17.4. The van der Waals surface area contributed by atoms with Crippen molar-refractivity contribution < 1.29 is 66.4 Å². The Bertz CT molecular complexity index is 676. The van der Waals surface area contributed by atoms with Crippen molar-refractivity contribution in [1.29, 1.82) is 0 Å². The molecule has 0 spiro atoms. The summed E-state index contributed by atoms with van der Waals surface area (Å²) in [4.78, 5) is 13.3. The second-order valence-corrected chi connectivity index (χ2v) is 11.4. The van der Waals surface area contributed by atoms with E-state index in [1.807, 2.05) is 27.8 Å². The summed E-state index contributed by atoms with van der Waals surface area (Å²) < 4.78 is 70.8. The molecule has 0 aromatic rings. The van der Waals surface area contributed by atoms with Gasteiger partial charge in [-0.05, 0) is 27.8 Å². The lowest BCUT2D eigenvalue weighted by Gasteiger charge is -2.24. The fourth-order valence-electron chi connectivity index (χ4n) is 3.33. The number of amides is 1. The zero-order chi connectivity index (χ0) is 35.9. The average molecular weight is 717 g/mol. The van der Waals surface area contributed by atoms with Crippen molar-refractivity contribution in [2.45, 2.75) is 26.4 Å². The minimum atomic E-state index is -0.510. The van der Waals surface area contributed by atoms with E-state index in [0.29, 0.717) is 165 Å². The van der Waals surface area contributed by atoms with Gasteiger partial charge in [-0.1, -0.05) is 0 Å². The van der Waals surface area contributed by atoms with Crippen LogP contribution in [0.3, 0.4) is 0 Å². The van der Waals surface area contributed by atoms with Gasteiger partial charge in [-0.2, -0.15) is 0 Å². The second kappa shape index (κ2) is 38.0. The Morgan fingerprint density at radius 1 is 0.429 bits per heavy atom. The van der Waals surface area contributed by atoms with Crippen molar-refractivity contribution >= 4 is 6.09 Å². The Balaban J connectivity index is 3.13. The Kier molecular flexibility index (Phi) is 37.0. The van der Waals surface area contributed by atoms with E-state index in [-0.39, 0.29) is 6.09 Å². The smallest absolute Gasteiger partial charge is 0.410 e. The van der Waals surface area contributed by atoms with Crippen LogP contribution >= 0.6 is 0 Å². The second-order valence-electron chi connectivity index (χ2n) is 11.4. The first kappa shape index (κ1) is 47.8. The van der Waals surface area contributed by atoms with Crippen LogP contribution in [-0.2, 0) is 61.6 Å². The highest BCUT2D eigenvalue weighted by molar-refractivity contribution is 5.67. The Labute approximate surface area is 294 Å². The summed E-state index contributed by atoms with van der Waals surface area (Å²) >= 11 is 0. The quantitative estimate of drug-likeness (QED) is 0.0909. The zero-order valence-electron chi connectivity index (χ0n) is 31.0. The van der Waals surface area contributed by atoms with E-state index in [1.54, 1.807) is 7.05 Å². The van der Waals surface area contributed by atoms with Crippen LogP contribution in [0.1, 0.15) is 20.8 Å². The monoisotopic (exact) mass is 716 g/mol. The van der Waals surface area contributed by atoms with Gasteiger partial charge in [0.1, 0.15) is 5.60 Å². The SMILES string of the molecule is CNCCOCCOCCOCCOCCOCCOCCOCCOCCOCCOCCOCCOCCN(C)C(=O)OC(C)(C)C. The fraction of sp³-hybridized carbons (Fsp3) is 0.970. The number of hydrogen-bond donors (Lipinski definition) is 1. The minimum Gasteiger partial charge on any atom is -0.444 e. The molecule has 0 aliphatic carbocycles. The van der Waals surface area contributed by atoms with E-state index < -0.39 is 5.60 Å². The number of carbonyl (C=O) groups is 1. The lowest BCUT2D eigenvalue weighted by atomic mass is 10.2. The van der Waals surface area contributed by atoms with Crippen molar-refractivity contribution in [1.82, 2.24) is 10.2 Å². The summed E-state index contributed by atoms with van der Waals surface area (Å²) in [7, 11) is 3.57. The maximum atomic E-state index is 11.9. The highest BCUT2D eigenvalue weighted by Gasteiger charge is 2.19. The molecule has 0 saturated heterocycles. The lowest BCUT2D eigenvalue weighted by Crippen LogP contribution is -2.36. The predicted molar refractivity (Wildman–Crippen MR) is 183 cm³/mol. The Morgan fingerprint density at radius 3 is 0.878 bits per heavy atom. The first-order valence-electron chi connectivity index (χ1n) is 17.4. The largest absolute Gasteiger partial charge is 0.444 e. The summed E-state index contributed by atoms with van der Waals surface area (Å²) in [6.45, 7) is 19.0. The summed E-state index contributed by atoms with van der Waals surface area (Å²) in [6.07, 6.45) is -0.365. The van der Waals surface area contributed by atoms with Gasteiger partial charge in [0.2, 0.25) is 0 Å². The highest BCUT2D eigenvalue weighted by atomic mass is 16.6. The molecule has 16 heteroatoms. The molecule has 0 aliphatic heterocycles.